The molecule has 1 amide bonds. The molecule has 0 aliphatic carbocycles. The molecule has 4 rings (SSSR count). The van der Waals surface area contributed by atoms with Crippen LogP contribution < -0.4 is 10.2 Å². The third-order valence-corrected chi connectivity index (χ3v) is 5.54. The Morgan fingerprint density at radius 1 is 1.26 bits per heavy atom. The van der Waals surface area contributed by atoms with Gasteiger partial charge in [-0.25, -0.2) is 14.4 Å². The Kier molecular flexibility index (Phi) is 5.71. The molecular formula is C23H27FN6O. The molecule has 0 spiro atoms. The van der Waals surface area contributed by atoms with Gasteiger partial charge in [0.25, 0.3) is 5.91 Å². The maximum Gasteiger partial charge on any atom is 0.259 e. The van der Waals surface area contributed by atoms with E-state index < -0.39 is 6.17 Å². The number of nitrogens with zero attached hydrogens (tertiary/aromatic N) is 5. The van der Waals surface area contributed by atoms with Crippen molar-refractivity contribution in [3.63, 3.8) is 0 Å². The first-order chi connectivity index (χ1) is 14.8. The van der Waals surface area contributed by atoms with Gasteiger partial charge in [0.15, 0.2) is 5.82 Å². The molecule has 1 aromatic carbocycles. The summed E-state index contributed by atoms with van der Waals surface area (Å²) in [5, 5.41) is 7.26. The number of aryl methyl sites for hydroxylation is 2. The Hall–Kier alpha value is -3.29. The van der Waals surface area contributed by atoms with Crippen LogP contribution in [0.4, 0.5) is 15.9 Å². The van der Waals surface area contributed by atoms with E-state index in [1.807, 2.05) is 50.8 Å². The van der Waals surface area contributed by atoms with E-state index in [1.54, 1.807) is 17.1 Å². The highest BCUT2D eigenvalue weighted by Crippen LogP contribution is 2.36. The molecule has 2 aromatic heterocycles. The molecule has 3 heterocycles. The molecule has 0 saturated carbocycles. The van der Waals surface area contributed by atoms with Gasteiger partial charge >= 0.3 is 0 Å². The molecule has 1 aliphatic rings. The van der Waals surface area contributed by atoms with E-state index >= 15 is 0 Å². The number of hydrogen-bond donors (Lipinski definition) is 1. The van der Waals surface area contributed by atoms with E-state index in [9.17, 15) is 9.18 Å². The second-order valence-corrected chi connectivity index (χ2v) is 8.33. The SMILES string of the molecule is Cc1ccc(C)c(-c2ncnc(N3CC[C@H](F)C3)c2NC(=O)c2cnn(C(C)C)c2)c1. The van der Waals surface area contributed by atoms with Gasteiger partial charge in [0.2, 0.25) is 0 Å². The number of nitrogens with one attached hydrogen (secondary N) is 1. The van der Waals surface area contributed by atoms with E-state index in [-0.39, 0.29) is 18.5 Å². The molecule has 7 nitrogen and oxygen atoms in total. The van der Waals surface area contributed by atoms with Crippen molar-refractivity contribution >= 4 is 17.4 Å². The number of benzene rings is 1. The number of alkyl halides is 1. The average Bonchev–Trinajstić information content (AvgIpc) is 3.39. The number of anilines is 2. The summed E-state index contributed by atoms with van der Waals surface area (Å²) in [7, 11) is 0. The standard InChI is InChI=1S/C23H27FN6O/c1-14(2)30-11-17(10-27-30)23(31)28-21-20(19-9-15(3)5-6-16(19)4)25-13-26-22(21)29-8-7-18(24)12-29/h5-6,9-11,13-14,18H,7-8,12H2,1-4H3,(H,28,31)/t18-/m0/s1. The van der Waals surface area contributed by atoms with Crippen LogP contribution >= 0.6 is 0 Å². The fraction of sp³-hybridized carbons (Fsp3) is 0.391. The van der Waals surface area contributed by atoms with Gasteiger partial charge in [0, 0.05) is 24.3 Å². The van der Waals surface area contributed by atoms with Gasteiger partial charge in [-0.15, -0.1) is 0 Å². The second kappa shape index (κ2) is 8.45. The summed E-state index contributed by atoms with van der Waals surface area (Å²) in [4.78, 5) is 23.9. The smallest absolute Gasteiger partial charge is 0.259 e. The number of amides is 1. The lowest BCUT2D eigenvalue weighted by atomic mass is 10.0. The zero-order valence-electron chi connectivity index (χ0n) is 18.3. The average molecular weight is 423 g/mol. The zero-order chi connectivity index (χ0) is 22.1. The first-order valence-corrected chi connectivity index (χ1v) is 10.5. The van der Waals surface area contributed by atoms with Crippen LogP contribution in [0.25, 0.3) is 11.3 Å². The zero-order valence-corrected chi connectivity index (χ0v) is 18.3. The van der Waals surface area contributed by atoms with Crippen LogP contribution in [0.15, 0.2) is 36.9 Å². The van der Waals surface area contributed by atoms with Crippen LogP contribution in [0.5, 0.6) is 0 Å². The molecule has 0 unspecified atom stereocenters. The van der Waals surface area contributed by atoms with Gasteiger partial charge in [-0.05, 0) is 45.7 Å². The maximum atomic E-state index is 14.0. The number of carbonyl (C=O) groups is 1. The van der Waals surface area contributed by atoms with Crippen molar-refractivity contribution in [3.05, 3.63) is 53.6 Å². The molecule has 3 aromatic rings. The monoisotopic (exact) mass is 422 g/mol. The van der Waals surface area contributed by atoms with Gasteiger partial charge < -0.3 is 10.2 Å². The maximum absolute atomic E-state index is 14.0. The van der Waals surface area contributed by atoms with Gasteiger partial charge in [-0.3, -0.25) is 9.48 Å². The summed E-state index contributed by atoms with van der Waals surface area (Å²) in [5.74, 6) is 0.237. The third-order valence-electron chi connectivity index (χ3n) is 5.54. The number of rotatable bonds is 5. The van der Waals surface area contributed by atoms with Gasteiger partial charge in [0.1, 0.15) is 18.2 Å². The van der Waals surface area contributed by atoms with Crippen molar-refractivity contribution in [1.29, 1.82) is 0 Å². The van der Waals surface area contributed by atoms with Gasteiger partial charge in [-0.1, -0.05) is 17.7 Å². The quantitative estimate of drug-likeness (QED) is 0.662. The minimum absolute atomic E-state index is 0.147. The lowest BCUT2D eigenvalue weighted by molar-refractivity contribution is 0.102. The van der Waals surface area contributed by atoms with Crippen molar-refractivity contribution in [2.75, 3.05) is 23.3 Å². The van der Waals surface area contributed by atoms with Crippen molar-refractivity contribution in [1.82, 2.24) is 19.7 Å². The number of halogens is 1. The summed E-state index contributed by atoms with van der Waals surface area (Å²) in [6, 6.07) is 6.25. The summed E-state index contributed by atoms with van der Waals surface area (Å²) in [6.07, 6.45) is 4.27. The third kappa shape index (κ3) is 4.28. The summed E-state index contributed by atoms with van der Waals surface area (Å²) in [6.45, 7) is 8.80. The first-order valence-electron chi connectivity index (χ1n) is 10.5. The lowest BCUT2D eigenvalue weighted by Crippen LogP contribution is -2.24. The highest BCUT2D eigenvalue weighted by molar-refractivity contribution is 6.07. The van der Waals surface area contributed by atoms with Crippen molar-refractivity contribution < 1.29 is 9.18 Å². The van der Waals surface area contributed by atoms with Crippen LogP contribution in [-0.2, 0) is 0 Å². The molecule has 1 fully saturated rings. The molecule has 1 aliphatic heterocycles. The Morgan fingerprint density at radius 3 is 2.74 bits per heavy atom. The van der Waals surface area contributed by atoms with Gasteiger partial charge in [0.05, 0.1) is 24.0 Å². The fourth-order valence-corrected chi connectivity index (χ4v) is 3.76. The molecule has 1 atom stereocenters. The molecular weight excluding hydrogens is 395 g/mol. The molecule has 1 N–H and O–H groups in total. The van der Waals surface area contributed by atoms with Crippen LogP contribution in [0.1, 0.15) is 47.8 Å². The predicted molar refractivity (Wildman–Crippen MR) is 119 cm³/mol. The summed E-state index contributed by atoms with van der Waals surface area (Å²) in [5.41, 5.74) is 4.59. The highest BCUT2D eigenvalue weighted by atomic mass is 19.1. The van der Waals surface area contributed by atoms with Crippen LogP contribution in [-0.4, -0.2) is 44.9 Å². The van der Waals surface area contributed by atoms with Crippen LogP contribution in [0.2, 0.25) is 0 Å². The summed E-state index contributed by atoms with van der Waals surface area (Å²) < 4.78 is 15.7. The lowest BCUT2D eigenvalue weighted by Gasteiger charge is -2.22. The Labute approximate surface area is 181 Å². The Morgan fingerprint density at radius 2 is 2.06 bits per heavy atom. The van der Waals surface area contributed by atoms with E-state index in [0.717, 1.165) is 16.7 Å². The van der Waals surface area contributed by atoms with E-state index in [0.29, 0.717) is 35.7 Å². The Balaban J connectivity index is 1.79. The normalized spacial score (nSPS) is 16.2. The Bertz CT molecular complexity index is 1110. The minimum Gasteiger partial charge on any atom is -0.352 e. The molecule has 31 heavy (non-hydrogen) atoms. The first kappa shape index (κ1) is 21.0. The van der Waals surface area contributed by atoms with E-state index in [1.165, 1.54) is 6.33 Å². The van der Waals surface area contributed by atoms with Gasteiger partial charge in [-0.2, -0.15) is 5.10 Å². The fourth-order valence-electron chi connectivity index (χ4n) is 3.76. The topological polar surface area (TPSA) is 75.9 Å². The number of aromatic nitrogens is 4. The number of carbonyl (C=O) groups excluding carboxylic acids is 1. The van der Waals surface area contributed by atoms with Crippen molar-refractivity contribution in [3.8, 4) is 11.3 Å². The molecule has 0 radical (unpaired) electrons. The minimum atomic E-state index is -0.910. The molecule has 0 bridgehead atoms. The number of hydrogen-bond acceptors (Lipinski definition) is 5. The van der Waals surface area contributed by atoms with E-state index in [4.69, 9.17) is 0 Å². The molecule has 162 valence electrons. The van der Waals surface area contributed by atoms with E-state index in [2.05, 4.69) is 20.4 Å². The van der Waals surface area contributed by atoms with Crippen LogP contribution in [0.3, 0.4) is 0 Å². The van der Waals surface area contributed by atoms with Crippen LogP contribution in [0, 0.1) is 13.8 Å². The van der Waals surface area contributed by atoms with Crippen molar-refractivity contribution in [2.24, 2.45) is 0 Å². The largest absolute Gasteiger partial charge is 0.352 e. The highest BCUT2D eigenvalue weighted by Gasteiger charge is 2.28. The molecule has 1 saturated heterocycles. The second-order valence-electron chi connectivity index (χ2n) is 8.33. The predicted octanol–water partition coefficient (Wildman–Crippen LogP) is 4.34. The summed E-state index contributed by atoms with van der Waals surface area (Å²) >= 11 is 0. The van der Waals surface area contributed by atoms with Crippen molar-refractivity contribution in [2.45, 2.75) is 46.3 Å². The molecule has 8 heteroatoms.